The average Bonchev–Trinajstić information content (AvgIpc) is 2.32. The smallest absolute Gasteiger partial charge is 0.338 e. The van der Waals surface area contributed by atoms with Gasteiger partial charge in [-0.15, -0.1) is 0 Å². The van der Waals surface area contributed by atoms with Crippen LogP contribution >= 0.6 is 23.2 Å². The zero-order valence-corrected chi connectivity index (χ0v) is 11.0. The van der Waals surface area contributed by atoms with E-state index in [4.69, 9.17) is 23.2 Å². The fraction of sp³-hybridized carbons (Fsp3) is 0.0909. The normalized spacial score (nSPS) is 11.5. The standard InChI is InChI=1S/C11H5Cl2F4N3/c12-6-1-5(11(15,16)17)2-7(3-6)19-9-8(14)4-18-10(13)20-9/h1-4H,(H,18,19,20). The molecule has 1 heterocycles. The highest BCUT2D eigenvalue weighted by Crippen LogP contribution is 2.34. The molecular formula is C11H5Cl2F4N3. The molecule has 3 nitrogen and oxygen atoms in total. The molecule has 0 atom stereocenters. The Kier molecular flexibility index (Phi) is 4.01. The summed E-state index contributed by atoms with van der Waals surface area (Å²) >= 11 is 11.1. The van der Waals surface area contributed by atoms with Crippen LogP contribution in [0.25, 0.3) is 0 Å². The second-order valence-corrected chi connectivity index (χ2v) is 4.46. The van der Waals surface area contributed by atoms with Crippen molar-refractivity contribution in [1.29, 1.82) is 0 Å². The van der Waals surface area contributed by atoms with E-state index in [1.54, 1.807) is 0 Å². The highest BCUT2D eigenvalue weighted by molar-refractivity contribution is 6.31. The van der Waals surface area contributed by atoms with Crippen LogP contribution < -0.4 is 5.32 Å². The van der Waals surface area contributed by atoms with E-state index >= 15 is 0 Å². The van der Waals surface area contributed by atoms with Crippen molar-refractivity contribution in [3.63, 3.8) is 0 Å². The van der Waals surface area contributed by atoms with E-state index < -0.39 is 17.6 Å². The van der Waals surface area contributed by atoms with Crippen molar-refractivity contribution in [2.45, 2.75) is 6.18 Å². The summed E-state index contributed by atoms with van der Waals surface area (Å²) in [5.74, 6) is -1.21. The molecule has 0 aliphatic carbocycles. The minimum Gasteiger partial charge on any atom is -0.338 e. The lowest BCUT2D eigenvalue weighted by atomic mass is 10.2. The summed E-state index contributed by atoms with van der Waals surface area (Å²) in [5.41, 5.74) is -1.04. The summed E-state index contributed by atoms with van der Waals surface area (Å²) in [6, 6.07) is 2.74. The zero-order chi connectivity index (χ0) is 14.9. The van der Waals surface area contributed by atoms with Gasteiger partial charge in [0.2, 0.25) is 5.28 Å². The molecule has 0 bridgehead atoms. The molecule has 1 N–H and O–H groups in total. The second kappa shape index (κ2) is 5.41. The maximum Gasteiger partial charge on any atom is 0.416 e. The van der Waals surface area contributed by atoms with Gasteiger partial charge in [-0.1, -0.05) is 11.6 Å². The van der Waals surface area contributed by atoms with Gasteiger partial charge < -0.3 is 5.32 Å². The van der Waals surface area contributed by atoms with E-state index in [-0.39, 0.29) is 21.8 Å². The van der Waals surface area contributed by atoms with Crippen LogP contribution in [0.5, 0.6) is 0 Å². The number of anilines is 2. The van der Waals surface area contributed by atoms with E-state index in [0.717, 1.165) is 18.3 Å². The third-order valence-corrected chi connectivity index (χ3v) is 2.60. The molecule has 0 unspecified atom stereocenters. The molecule has 0 aliphatic heterocycles. The molecule has 20 heavy (non-hydrogen) atoms. The van der Waals surface area contributed by atoms with Gasteiger partial charge in [0.05, 0.1) is 11.8 Å². The molecule has 106 valence electrons. The van der Waals surface area contributed by atoms with Crippen LogP contribution in [-0.4, -0.2) is 9.97 Å². The van der Waals surface area contributed by atoms with Crippen LogP contribution in [0.2, 0.25) is 10.3 Å². The minimum atomic E-state index is -4.57. The first-order valence-corrected chi connectivity index (χ1v) is 5.84. The van der Waals surface area contributed by atoms with Gasteiger partial charge in [0.25, 0.3) is 0 Å². The fourth-order valence-corrected chi connectivity index (χ4v) is 1.76. The predicted molar refractivity (Wildman–Crippen MR) is 66.7 cm³/mol. The second-order valence-electron chi connectivity index (χ2n) is 3.69. The number of alkyl halides is 3. The van der Waals surface area contributed by atoms with Gasteiger partial charge in [0, 0.05) is 10.7 Å². The highest BCUT2D eigenvalue weighted by atomic mass is 35.5. The van der Waals surface area contributed by atoms with Crippen molar-refractivity contribution in [2.75, 3.05) is 5.32 Å². The molecule has 0 fully saturated rings. The lowest BCUT2D eigenvalue weighted by Crippen LogP contribution is -2.06. The third kappa shape index (κ3) is 3.49. The first-order chi connectivity index (χ1) is 9.25. The van der Waals surface area contributed by atoms with Crippen LogP contribution in [0.4, 0.5) is 29.1 Å². The number of hydrogen-bond acceptors (Lipinski definition) is 3. The van der Waals surface area contributed by atoms with Gasteiger partial charge in [-0.2, -0.15) is 18.2 Å². The Balaban J connectivity index is 2.39. The molecule has 0 saturated heterocycles. The molecule has 1 aromatic heterocycles. The van der Waals surface area contributed by atoms with E-state index in [9.17, 15) is 17.6 Å². The van der Waals surface area contributed by atoms with Crippen LogP contribution in [-0.2, 0) is 6.18 Å². The zero-order valence-electron chi connectivity index (χ0n) is 9.47. The van der Waals surface area contributed by atoms with Crippen LogP contribution in [0.3, 0.4) is 0 Å². The van der Waals surface area contributed by atoms with Gasteiger partial charge in [-0.05, 0) is 29.8 Å². The number of halogens is 6. The van der Waals surface area contributed by atoms with Crippen LogP contribution in [0, 0.1) is 5.82 Å². The van der Waals surface area contributed by atoms with Gasteiger partial charge in [-0.3, -0.25) is 0 Å². The van der Waals surface area contributed by atoms with Crippen LogP contribution in [0.15, 0.2) is 24.4 Å². The Morgan fingerprint density at radius 3 is 2.45 bits per heavy atom. The topological polar surface area (TPSA) is 37.8 Å². The lowest BCUT2D eigenvalue weighted by Gasteiger charge is -2.11. The van der Waals surface area contributed by atoms with Gasteiger partial charge >= 0.3 is 6.18 Å². The maximum absolute atomic E-state index is 13.4. The van der Waals surface area contributed by atoms with E-state index in [0.29, 0.717) is 0 Å². The minimum absolute atomic E-state index is 0.0708. The largest absolute Gasteiger partial charge is 0.416 e. The van der Waals surface area contributed by atoms with Gasteiger partial charge in [0.1, 0.15) is 0 Å². The number of nitrogens with one attached hydrogen (secondary N) is 1. The van der Waals surface area contributed by atoms with Crippen molar-refractivity contribution in [3.05, 3.63) is 46.1 Å². The molecule has 0 saturated carbocycles. The average molecular weight is 326 g/mol. The van der Waals surface area contributed by atoms with Gasteiger partial charge in [-0.25, -0.2) is 9.37 Å². The Bertz CT molecular complexity index is 646. The summed E-state index contributed by atoms with van der Waals surface area (Å²) in [4.78, 5) is 6.92. The van der Waals surface area contributed by atoms with E-state index in [2.05, 4.69) is 15.3 Å². The SMILES string of the molecule is Fc1cnc(Cl)nc1Nc1cc(Cl)cc(C(F)(F)F)c1. The third-order valence-electron chi connectivity index (χ3n) is 2.20. The Labute approximate surface area is 120 Å². The van der Waals surface area contributed by atoms with Crippen molar-refractivity contribution < 1.29 is 17.6 Å². The van der Waals surface area contributed by atoms with E-state index in [1.807, 2.05) is 0 Å². The monoisotopic (exact) mass is 325 g/mol. The number of nitrogens with zero attached hydrogens (tertiary/aromatic N) is 2. The van der Waals surface area contributed by atoms with Crippen LogP contribution in [0.1, 0.15) is 5.56 Å². The van der Waals surface area contributed by atoms with Crippen molar-refractivity contribution in [1.82, 2.24) is 9.97 Å². The van der Waals surface area contributed by atoms with Gasteiger partial charge in [0.15, 0.2) is 11.6 Å². The Hall–Kier alpha value is -1.60. The summed E-state index contributed by atoms with van der Waals surface area (Å²) in [6.45, 7) is 0. The number of hydrogen-bond donors (Lipinski definition) is 1. The molecular weight excluding hydrogens is 321 g/mol. The van der Waals surface area contributed by atoms with Crippen molar-refractivity contribution >= 4 is 34.7 Å². The quantitative estimate of drug-likeness (QED) is 0.643. The number of aromatic nitrogens is 2. The molecule has 2 aromatic rings. The molecule has 0 radical (unpaired) electrons. The first kappa shape index (κ1) is 14.8. The highest BCUT2D eigenvalue weighted by Gasteiger charge is 2.31. The molecule has 1 aromatic carbocycles. The number of benzene rings is 1. The summed E-state index contributed by atoms with van der Waals surface area (Å²) in [6.07, 6.45) is -3.77. The molecule has 0 aliphatic rings. The first-order valence-electron chi connectivity index (χ1n) is 5.08. The van der Waals surface area contributed by atoms with Crippen molar-refractivity contribution in [2.24, 2.45) is 0 Å². The molecule has 2 rings (SSSR count). The summed E-state index contributed by atoms with van der Waals surface area (Å²) in [7, 11) is 0. The Morgan fingerprint density at radius 2 is 1.80 bits per heavy atom. The lowest BCUT2D eigenvalue weighted by molar-refractivity contribution is -0.137. The maximum atomic E-state index is 13.4. The van der Waals surface area contributed by atoms with E-state index in [1.165, 1.54) is 6.07 Å². The predicted octanol–water partition coefficient (Wildman–Crippen LogP) is 4.68. The summed E-state index contributed by atoms with van der Waals surface area (Å²) < 4.78 is 51.3. The summed E-state index contributed by atoms with van der Waals surface area (Å²) in [5, 5.41) is 1.98. The van der Waals surface area contributed by atoms with Crippen molar-refractivity contribution in [3.8, 4) is 0 Å². The number of rotatable bonds is 2. The Morgan fingerprint density at radius 1 is 1.10 bits per heavy atom. The molecule has 0 spiro atoms. The fourth-order valence-electron chi connectivity index (χ4n) is 1.40. The molecule has 9 heteroatoms. The molecule has 0 amide bonds.